The second kappa shape index (κ2) is 9.53. The second-order valence-electron chi connectivity index (χ2n) is 7.33. The number of aliphatic hydroxyl groups is 1. The highest BCUT2D eigenvalue weighted by molar-refractivity contribution is 5.82. The maximum atomic E-state index is 12.4. The number of carbonyl (C=O) groups excluding carboxylic acids is 2. The van der Waals surface area contributed by atoms with Gasteiger partial charge in [-0.05, 0) is 18.1 Å². The molecule has 0 amide bonds. The van der Waals surface area contributed by atoms with E-state index in [1.807, 2.05) is 0 Å². The smallest absolute Gasteiger partial charge is 0.351 e. The molecule has 31 heavy (non-hydrogen) atoms. The minimum atomic E-state index is -1.46. The molecule has 0 aliphatic carbocycles. The number of carbonyl (C=O) groups is 2. The van der Waals surface area contributed by atoms with Crippen molar-refractivity contribution in [1.29, 1.82) is 0 Å². The Balaban J connectivity index is 1.88. The number of ether oxygens (including phenoxy) is 4. The molecule has 0 spiro atoms. The molecule has 6 atom stereocenters. The topological polar surface area (TPSA) is 184 Å². The fourth-order valence-corrected chi connectivity index (χ4v) is 3.10. The van der Waals surface area contributed by atoms with Crippen molar-refractivity contribution in [3.8, 4) is 0 Å². The third-order valence-corrected chi connectivity index (χ3v) is 4.83. The van der Waals surface area contributed by atoms with E-state index in [0.717, 1.165) is 16.7 Å². The lowest BCUT2D eigenvalue weighted by molar-refractivity contribution is -0.176. The molecule has 13 nitrogen and oxygen atoms in total. The SMILES string of the molecule is CC(C)[C@@H](N)C(=O)OC[C@H]1O[C@@H](n2ccc(NO)nc2=O)[C@@H]2OC(=O)/C=C\C(O)O[C@@H]21. The summed E-state index contributed by atoms with van der Waals surface area (Å²) in [6.07, 6.45) is -2.61. The molecule has 5 N–H and O–H groups in total. The Morgan fingerprint density at radius 1 is 1.35 bits per heavy atom. The molecule has 0 radical (unpaired) electrons. The number of esters is 2. The van der Waals surface area contributed by atoms with Crippen molar-refractivity contribution < 1.29 is 38.9 Å². The van der Waals surface area contributed by atoms with Gasteiger partial charge in [-0.2, -0.15) is 4.98 Å². The molecule has 2 aliphatic rings. The molecule has 1 aromatic heterocycles. The molecule has 2 aliphatic heterocycles. The first-order valence-electron chi connectivity index (χ1n) is 9.50. The number of nitrogens with two attached hydrogens (primary N) is 1. The summed E-state index contributed by atoms with van der Waals surface area (Å²) in [6.45, 7) is 3.19. The number of nitrogens with one attached hydrogen (secondary N) is 1. The molecule has 1 saturated heterocycles. The highest BCUT2D eigenvalue weighted by Crippen LogP contribution is 2.35. The van der Waals surface area contributed by atoms with Crippen molar-refractivity contribution in [2.24, 2.45) is 11.7 Å². The normalized spacial score (nSPS) is 30.0. The van der Waals surface area contributed by atoms with Crippen LogP contribution in [0.3, 0.4) is 0 Å². The number of fused-ring (bicyclic) bond motifs is 1. The standard InChI is InChI=1S/C18H24N4O9/c1-8(2)13(19)17(25)28-7-9-14-15(31-12(24)4-3-11(23)30-14)16(29-9)22-6-5-10(21-27)20-18(22)26/h3-6,8-9,11,13-16,23,27H,7,19H2,1-2H3,(H,20,21,26)/b4-3-/t9-,11?,13-,14-,15-,16-/m1/s1. The number of rotatable bonds is 6. The van der Waals surface area contributed by atoms with Crippen LogP contribution in [-0.4, -0.2) is 69.1 Å². The van der Waals surface area contributed by atoms with Gasteiger partial charge in [0.25, 0.3) is 0 Å². The fraction of sp³-hybridized carbons (Fsp3) is 0.556. The molecule has 3 heterocycles. The first kappa shape index (κ1) is 22.8. The van der Waals surface area contributed by atoms with Crippen LogP contribution in [0.2, 0.25) is 0 Å². The van der Waals surface area contributed by atoms with Crippen LogP contribution in [0.4, 0.5) is 5.82 Å². The van der Waals surface area contributed by atoms with Gasteiger partial charge in [0.1, 0.15) is 24.9 Å². The average molecular weight is 440 g/mol. The molecular formula is C18H24N4O9. The van der Waals surface area contributed by atoms with E-state index >= 15 is 0 Å². The summed E-state index contributed by atoms with van der Waals surface area (Å²) in [4.78, 5) is 40.2. The van der Waals surface area contributed by atoms with Gasteiger partial charge in [-0.15, -0.1) is 0 Å². The minimum absolute atomic E-state index is 0.104. The molecule has 13 heteroatoms. The van der Waals surface area contributed by atoms with Crippen LogP contribution in [0.15, 0.2) is 29.2 Å². The largest absolute Gasteiger partial charge is 0.462 e. The van der Waals surface area contributed by atoms with E-state index in [0.29, 0.717) is 0 Å². The van der Waals surface area contributed by atoms with E-state index in [2.05, 4.69) is 4.98 Å². The number of hydrogen-bond acceptors (Lipinski definition) is 12. The Labute approximate surface area is 176 Å². The fourth-order valence-electron chi connectivity index (χ4n) is 3.10. The number of nitrogens with zero attached hydrogens (tertiary/aromatic N) is 2. The van der Waals surface area contributed by atoms with E-state index in [-0.39, 0.29) is 18.3 Å². The van der Waals surface area contributed by atoms with Gasteiger partial charge in [0.15, 0.2) is 24.4 Å². The first-order chi connectivity index (χ1) is 14.7. The van der Waals surface area contributed by atoms with E-state index in [4.69, 9.17) is 29.9 Å². The molecule has 170 valence electrons. The predicted octanol–water partition coefficient (Wildman–Crippen LogP) is -1.35. The summed E-state index contributed by atoms with van der Waals surface area (Å²) in [5.74, 6) is -1.72. The van der Waals surface area contributed by atoms with Crippen LogP contribution < -0.4 is 16.9 Å². The van der Waals surface area contributed by atoms with Gasteiger partial charge in [0.05, 0.1) is 0 Å². The van der Waals surface area contributed by atoms with Crippen molar-refractivity contribution in [2.75, 3.05) is 12.1 Å². The van der Waals surface area contributed by atoms with Crippen LogP contribution >= 0.6 is 0 Å². The maximum absolute atomic E-state index is 12.4. The van der Waals surface area contributed by atoms with Gasteiger partial charge in [-0.3, -0.25) is 20.0 Å². The van der Waals surface area contributed by atoms with Crippen molar-refractivity contribution in [3.05, 3.63) is 34.9 Å². The Kier molecular flexibility index (Phi) is 7.02. The zero-order valence-corrected chi connectivity index (χ0v) is 16.8. The Hall–Kier alpha value is -2.84. The Bertz CT molecular complexity index is 902. The molecule has 0 saturated carbocycles. The van der Waals surface area contributed by atoms with E-state index in [1.54, 1.807) is 19.3 Å². The highest BCUT2D eigenvalue weighted by Gasteiger charge is 2.51. The van der Waals surface area contributed by atoms with Gasteiger partial charge in [-0.1, -0.05) is 13.8 Å². The quantitative estimate of drug-likeness (QED) is 0.302. The van der Waals surface area contributed by atoms with Crippen LogP contribution in [0, 0.1) is 5.92 Å². The number of hydrogen-bond donors (Lipinski definition) is 4. The van der Waals surface area contributed by atoms with Crippen LogP contribution in [0.1, 0.15) is 20.1 Å². The van der Waals surface area contributed by atoms with Crippen LogP contribution in [0.25, 0.3) is 0 Å². The van der Waals surface area contributed by atoms with E-state index in [1.165, 1.54) is 12.3 Å². The molecule has 0 bridgehead atoms. The predicted molar refractivity (Wildman–Crippen MR) is 101 cm³/mol. The van der Waals surface area contributed by atoms with Crippen molar-refractivity contribution in [3.63, 3.8) is 0 Å². The Morgan fingerprint density at radius 3 is 2.74 bits per heavy atom. The third kappa shape index (κ3) is 5.08. The van der Waals surface area contributed by atoms with Gasteiger partial charge >= 0.3 is 17.6 Å². The van der Waals surface area contributed by atoms with Crippen molar-refractivity contribution in [1.82, 2.24) is 9.55 Å². The summed E-state index contributed by atoms with van der Waals surface area (Å²) in [6, 6.07) is 0.428. The maximum Gasteiger partial charge on any atom is 0.351 e. The van der Waals surface area contributed by atoms with E-state index < -0.39 is 54.5 Å². The van der Waals surface area contributed by atoms with Gasteiger partial charge in [0.2, 0.25) is 0 Å². The van der Waals surface area contributed by atoms with Gasteiger partial charge < -0.3 is 29.8 Å². The summed E-state index contributed by atoms with van der Waals surface area (Å²) < 4.78 is 22.9. The van der Waals surface area contributed by atoms with Crippen LogP contribution in [-0.2, 0) is 28.5 Å². The van der Waals surface area contributed by atoms with Gasteiger partial charge in [-0.25, -0.2) is 9.59 Å². The summed E-state index contributed by atoms with van der Waals surface area (Å²) in [5.41, 5.74) is 6.71. The highest BCUT2D eigenvalue weighted by atomic mass is 16.7. The third-order valence-electron chi connectivity index (χ3n) is 4.83. The van der Waals surface area contributed by atoms with E-state index in [9.17, 15) is 19.5 Å². The molecule has 0 aromatic carbocycles. The lowest BCUT2D eigenvalue weighted by Gasteiger charge is -2.27. The van der Waals surface area contributed by atoms with Gasteiger partial charge in [0, 0.05) is 12.3 Å². The Morgan fingerprint density at radius 2 is 2.10 bits per heavy atom. The monoisotopic (exact) mass is 440 g/mol. The average Bonchev–Trinajstić information content (AvgIpc) is 3.04. The lowest BCUT2D eigenvalue weighted by atomic mass is 10.1. The summed E-state index contributed by atoms with van der Waals surface area (Å²) >= 11 is 0. The first-order valence-corrected chi connectivity index (χ1v) is 9.50. The molecule has 3 rings (SSSR count). The summed E-state index contributed by atoms with van der Waals surface area (Å²) in [7, 11) is 0. The molecule has 1 fully saturated rings. The van der Waals surface area contributed by atoms with Crippen molar-refractivity contribution >= 4 is 17.8 Å². The zero-order valence-electron chi connectivity index (χ0n) is 16.8. The second-order valence-corrected chi connectivity index (χ2v) is 7.33. The molecular weight excluding hydrogens is 416 g/mol. The molecule has 1 aromatic rings. The number of aliphatic hydroxyl groups excluding tert-OH is 1. The number of anilines is 1. The summed E-state index contributed by atoms with van der Waals surface area (Å²) in [5, 5.41) is 18.9. The zero-order chi connectivity index (χ0) is 22.7. The number of aromatic nitrogens is 2. The molecule has 1 unspecified atom stereocenters. The van der Waals surface area contributed by atoms with Crippen LogP contribution in [0.5, 0.6) is 0 Å². The lowest BCUT2D eigenvalue weighted by Crippen LogP contribution is -2.44. The minimum Gasteiger partial charge on any atom is -0.462 e. The van der Waals surface area contributed by atoms with Crippen molar-refractivity contribution in [2.45, 2.75) is 50.7 Å².